The van der Waals surface area contributed by atoms with Gasteiger partial charge in [-0.05, 0) is 41.8 Å². The molecule has 0 heterocycles. The first-order valence-electron chi connectivity index (χ1n) is 10.4. The van der Waals surface area contributed by atoms with Gasteiger partial charge in [0.2, 0.25) is 0 Å². The Hall–Kier alpha value is -3.32. The maximum Gasteiger partial charge on any atom is 0.0954 e. The lowest BCUT2D eigenvalue weighted by Gasteiger charge is -2.47. The zero-order valence-electron chi connectivity index (χ0n) is 16.9. The van der Waals surface area contributed by atoms with Crippen molar-refractivity contribution in [2.75, 3.05) is 4.90 Å². The third kappa shape index (κ3) is 3.69. The third-order valence-electron chi connectivity index (χ3n) is 5.53. The Kier molecular flexibility index (Phi) is 5.76. The van der Waals surface area contributed by atoms with Gasteiger partial charge in [-0.3, -0.25) is 0 Å². The topological polar surface area (TPSA) is 3.24 Å². The van der Waals surface area contributed by atoms with E-state index >= 15 is 0 Å². The predicted octanol–water partition coefficient (Wildman–Crippen LogP) is 7.57. The summed E-state index contributed by atoms with van der Waals surface area (Å²) in [4.78, 5) is 2.52. The van der Waals surface area contributed by atoms with Crippen LogP contribution in [0, 0.1) is 0 Å². The second kappa shape index (κ2) is 8.79. The van der Waals surface area contributed by atoms with Gasteiger partial charge in [0.1, 0.15) is 0 Å². The van der Waals surface area contributed by atoms with Gasteiger partial charge in [-0.15, -0.1) is 0 Å². The molecule has 0 amide bonds. The fourth-order valence-corrected chi connectivity index (χ4v) is 4.36. The minimum absolute atomic E-state index is 0.306. The van der Waals surface area contributed by atoms with Gasteiger partial charge in [-0.25, -0.2) is 0 Å². The Morgan fingerprint density at radius 3 is 1.21 bits per heavy atom. The summed E-state index contributed by atoms with van der Waals surface area (Å²) >= 11 is 0. The molecule has 0 aliphatic heterocycles. The third-order valence-corrected chi connectivity index (χ3v) is 5.53. The normalized spacial score (nSPS) is 11.2. The van der Waals surface area contributed by atoms with E-state index in [2.05, 4.69) is 133 Å². The van der Waals surface area contributed by atoms with E-state index in [1.807, 2.05) is 0 Å². The molecule has 0 radical (unpaired) electrons. The molecule has 0 N–H and O–H groups in total. The van der Waals surface area contributed by atoms with Crippen molar-refractivity contribution in [3.05, 3.63) is 132 Å². The number of para-hydroxylation sites is 2. The lowest BCUT2D eigenvalue weighted by atomic mass is 9.77. The Morgan fingerprint density at radius 2 is 0.862 bits per heavy atom. The summed E-state index contributed by atoms with van der Waals surface area (Å²) in [6.45, 7) is 2.27. The summed E-state index contributed by atoms with van der Waals surface area (Å²) in [5.74, 6) is 0. The van der Waals surface area contributed by atoms with Crippen LogP contribution >= 0.6 is 0 Å². The Bertz CT molecular complexity index is 916. The highest BCUT2D eigenvalue weighted by atomic mass is 15.2. The van der Waals surface area contributed by atoms with Crippen molar-refractivity contribution in [3.8, 4) is 0 Å². The molecule has 0 aliphatic carbocycles. The van der Waals surface area contributed by atoms with Crippen LogP contribution < -0.4 is 4.90 Å². The van der Waals surface area contributed by atoms with Crippen molar-refractivity contribution in [2.45, 2.75) is 25.3 Å². The number of benzene rings is 4. The van der Waals surface area contributed by atoms with Gasteiger partial charge in [0.15, 0.2) is 0 Å². The predicted molar refractivity (Wildman–Crippen MR) is 124 cm³/mol. The van der Waals surface area contributed by atoms with Gasteiger partial charge in [0.25, 0.3) is 0 Å². The van der Waals surface area contributed by atoms with E-state index in [1.54, 1.807) is 0 Å². The van der Waals surface area contributed by atoms with Crippen LogP contribution in [-0.4, -0.2) is 0 Å². The molecule has 0 aliphatic rings. The number of rotatable bonds is 7. The van der Waals surface area contributed by atoms with Gasteiger partial charge in [-0.1, -0.05) is 110 Å². The average Bonchev–Trinajstić information content (AvgIpc) is 2.81. The molecule has 144 valence electrons. The smallest absolute Gasteiger partial charge is 0.0954 e. The van der Waals surface area contributed by atoms with E-state index in [4.69, 9.17) is 0 Å². The van der Waals surface area contributed by atoms with Crippen molar-refractivity contribution >= 4 is 11.4 Å². The Labute approximate surface area is 174 Å². The van der Waals surface area contributed by atoms with Crippen molar-refractivity contribution in [2.24, 2.45) is 0 Å². The van der Waals surface area contributed by atoms with Crippen molar-refractivity contribution in [3.63, 3.8) is 0 Å². The van der Waals surface area contributed by atoms with E-state index in [9.17, 15) is 0 Å². The highest BCUT2D eigenvalue weighted by Crippen LogP contribution is 2.47. The number of anilines is 2. The zero-order valence-corrected chi connectivity index (χ0v) is 16.9. The van der Waals surface area contributed by atoms with E-state index in [1.165, 1.54) is 22.5 Å². The van der Waals surface area contributed by atoms with E-state index in [0.717, 1.165) is 12.8 Å². The van der Waals surface area contributed by atoms with Crippen molar-refractivity contribution in [1.29, 1.82) is 0 Å². The SMILES string of the molecule is CCCC(c1ccccc1)(c1ccccc1)N(c1ccccc1)c1ccccc1. The van der Waals surface area contributed by atoms with Crippen LogP contribution in [0.25, 0.3) is 0 Å². The van der Waals surface area contributed by atoms with E-state index < -0.39 is 0 Å². The molecular weight excluding hydrogens is 350 g/mol. The molecular formula is C28H27N. The highest BCUT2D eigenvalue weighted by molar-refractivity contribution is 5.69. The maximum absolute atomic E-state index is 2.52. The van der Waals surface area contributed by atoms with E-state index in [-0.39, 0.29) is 5.54 Å². The Morgan fingerprint density at radius 1 is 0.517 bits per heavy atom. The first-order chi connectivity index (χ1) is 14.4. The number of hydrogen-bond donors (Lipinski definition) is 0. The molecule has 0 saturated heterocycles. The molecule has 0 bridgehead atoms. The molecule has 0 fully saturated rings. The minimum atomic E-state index is -0.306. The monoisotopic (exact) mass is 377 g/mol. The van der Waals surface area contributed by atoms with Gasteiger partial charge in [0, 0.05) is 11.4 Å². The van der Waals surface area contributed by atoms with Gasteiger partial charge in [0.05, 0.1) is 5.54 Å². The summed E-state index contributed by atoms with van der Waals surface area (Å²) in [6.07, 6.45) is 2.07. The first kappa shape index (κ1) is 19.0. The van der Waals surface area contributed by atoms with Gasteiger partial charge in [-0.2, -0.15) is 0 Å². The van der Waals surface area contributed by atoms with E-state index in [0.29, 0.717) is 0 Å². The van der Waals surface area contributed by atoms with Crippen LogP contribution in [0.15, 0.2) is 121 Å². The standard InChI is InChI=1S/C28H27N/c1-2-23-28(24-15-7-3-8-16-24,25-17-9-4-10-18-25)29(26-19-11-5-12-20-26)27-21-13-6-14-22-27/h3-22H,2,23H2,1H3. The molecule has 4 rings (SSSR count). The molecule has 4 aromatic rings. The molecule has 0 spiro atoms. The molecule has 0 aromatic heterocycles. The molecule has 1 nitrogen and oxygen atoms in total. The van der Waals surface area contributed by atoms with Crippen molar-refractivity contribution < 1.29 is 0 Å². The van der Waals surface area contributed by atoms with Gasteiger partial charge >= 0.3 is 0 Å². The molecule has 29 heavy (non-hydrogen) atoms. The largest absolute Gasteiger partial charge is 0.327 e. The van der Waals surface area contributed by atoms with Crippen LogP contribution in [0.2, 0.25) is 0 Å². The molecule has 0 atom stereocenters. The first-order valence-corrected chi connectivity index (χ1v) is 10.4. The molecule has 0 saturated carbocycles. The summed E-state index contributed by atoms with van der Waals surface area (Å²) < 4.78 is 0. The van der Waals surface area contributed by atoms with Crippen LogP contribution in [-0.2, 0) is 5.54 Å². The summed E-state index contributed by atoms with van der Waals surface area (Å²) in [5.41, 5.74) is 4.70. The number of hydrogen-bond acceptors (Lipinski definition) is 1. The maximum atomic E-state index is 2.52. The van der Waals surface area contributed by atoms with Crippen LogP contribution in [0.5, 0.6) is 0 Å². The lowest BCUT2D eigenvalue weighted by Crippen LogP contribution is -2.44. The lowest BCUT2D eigenvalue weighted by molar-refractivity contribution is 0.473. The Balaban J connectivity index is 2.06. The van der Waals surface area contributed by atoms with Crippen molar-refractivity contribution in [1.82, 2.24) is 0 Å². The van der Waals surface area contributed by atoms with Crippen LogP contribution in [0.4, 0.5) is 11.4 Å². The van der Waals surface area contributed by atoms with Crippen LogP contribution in [0.3, 0.4) is 0 Å². The second-order valence-corrected chi connectivity index (χ2v) is 7.35. The molecule has 0 unspecified atom stereocenters. The average molecular weight is 378 g/mol. The summed E-state index contributed by atoms with van der Waals surface area (Å²) in [6, 6.07) is 43.4. The fraction of sp³-hybridized carbons (Fsp3) is 0.143. The number of nitrogens with zero attached hydrogens (tertiary/aromatic N) is 1. The fourth-order valence-electron chi connectivity index (χ4n) is 4.36. The minimum Gasteiger partial charge on any atom is -0.327 e. The molecule has 4 aromatic carbocycles. The van der Waals surface area contributed by atoms with Crippen LogP contribution in [0.1, 0.15) is 30.9 Å². The quantitative estimate of drug-likeness (QED) is 0.321. The zero-order chi connectivity index (χ0) is 19.9. The second-order valence-electron chi connectivity index (χ2n) is 7.35. The van der Waals surface area contributed by atoms with Gasteiger partial charge < -0.3 is 4.90 Å². The summed E-state index contributed by atoms with van der Waals surface area (Å²) in [5, 5.41) is 0. The summed E-state index contributed by atoms with van der Waals surface area (Å²) in [7, 11) is 0. The molecule has 1 heteroatoms. The highest BCUT2D eigenvalue weighted by Gasteiger charge is 2.40.